The van der Waals surface area contributed by atoms with E-state index < -0.39 is 30.4 Å². The maximum atomic E-state index is 12.3. The first-order valence-electron chi connectivity index (χ1n) is 8.86. The Labute approximate surface area is 148 Å². The summed E-state index contributed by atoms with van der Waals surface area (Å²) in [7, 11) is 0. The molecule has 1 aliphatic heterocycles. The summed E-state index contributed by atoms with van der Waals surface area (Å²) in [6.07, 6.45) is 0.301. The molecule has 1 heterocycles. The molecule has 1 aliphatic rings. The highest BCUT2D eigenvalue weighted by Crippen LogP contribution is 2.32. The van der Waals surface area contributed by atoms with Crippen LogP contribution in [0.3, 0.4) is 0 Å². The van der Waals surface area contributed by atoms with Crippen molar-refractivity contribution >= 4 is 11.9 Å². The highest BCUT2D eigenvalue weighted by Gasteiger charge is 2.47. The van der Waals surface area contributed by atoms with Crippen LogP contribution in [-0.2, 0) is 28.5 Å². The molecule has 0 N–H and O–H groups in total. The third-order valence-electron chi connectivity index (χ3n) is 3.84. The van der Waals surface area contributed by atoms with Gasteiger partial charge in [0.2, 0.25) is 0 Å². The van der Waals surface area contributed by atoms with Crippen LogP contribution in [0.5, 0.6) is 0 Å². The van der Waals surface area contributed by atoms with Crippen molar-refractivity contribution in [1.82, 2.24) is 0 Å². The predicted octanol–water partition coefficient (Wildman–Crippen LogP) is 3.16. The second-order valence-corrected chi connectivity index (χ2v) is 5.90. The normalized spacial score (nSPS) is 22.6. The molecule has 6 heteroatoms. The molecule has 6 nitrogen and oxygen atoms in total. The van der Waals surface area contributed by atoms with E-state index in [9.17, 15) is 9.59 Å². The van der Waals surface area contributed by atoms with Crippen molar-refractivity contribution in [3.05, 3.63) is 35.9 Å². The lowest BCUT2D eigenvalue weighted by atomic mass is 10.2. The van der Waals surface area contributed by atoms with Gasteiger partial charge >= 0.3 is 11.9 Å². The molecule has 1 fully saturated rings. The maximum absolute atomic E-state index is 12.3. The quantitative estimate of drug-likeness (QED) is 0.503. The fourth-order valence-corrected chi connectivity index (χ4v) is 2.37. The van der Waals surface area contributed by atoms with E-state index in [4.69, 9.17) is 18.9 Å². The summed E-state index contributed by atoms with van der Waals surface area (Å²) >= 11 is 0. The van der Waals surface area contributed by atoms with Gasteiger partial charge in [0.1, 0.15) is 0 Å². The van der Waals surface area contributed by atoms with Gasteiger partial charge in [0, 0.05) is 5.56 Å². The average Bonchev–Trinajstić information content (AvgIpc) is 3.08. The van der Waals surface area contributed by atoms with Crippen LogP contribution in [0.2, 0.25) is 0 Å². The van der Waals surface area contributed by atoms with Gasteiger partial charge in [-0.25, -0.2) is 9.59 Å². The third-order valence-corrected chi connectivity index (χ3v) is 3.84. The SMILES string of the molecule is CCCCOC(=O)C1OC(c2ccccc2)OC1C(=O)OCCCC. The molecule has 1 aromatic carbocycles. The smallest absolute Gasteiger partial charge is 0.338 e. The van der Waals surface area contributed by atoms with Crippen LogP contribution in [0.25, 0.3) is 0 Å². The zero-order valence-corrected chi connectivity index (χ0v) is 14.8. The summed E-state index contributed by atoms with van der Waals surface area (Å²) < 4.78 is 21.8. The van der Waals surface area contributed by atoms with Gasteiger partial charge in [-0.2, -0.15) is 0 Å². The van der Waals surface area contributed by atoms with Gasteiger partial charge in [0.05, 0.1) is 13.2 Å². The summed E-state index contributed by atoms with van der Waals surface area (Å²) in [4.78, 5) is 24.6. The molecule has 0 radical (unpaired) electrons. The second-order valence-electron chi connectivity index (χ2n) is 5.90. The molecular formula is C19H26O6. The first-order valence-corrected chi connectivity index (χ1v) is 8.86. The van der Waals surface area contributed by atoms with Crippen LogP contribution < -0.4 is 0 Å². The van der Waals surface area contributed by atoms with E-state index in [1.165, 1.54) is 0 Å². The van der Waals surface area contributed by atoms with E-state index >= 15 is 0 Å². The van der Waals surface area contributed by atoms with Crippen LogP contribution >= 0.6 is 0 Å². The summed E-state index contributed by atoms with van der Waals surface area (Å²) in [6.45, 7) is 4.59. The largest absolute Gasteiger partial charge is 0.464 e. The molecule has 138 valence electrons. The number of ether oxygens (including phenoxy) is 4. The van der Waals surface area contributed by atoms with E-state index in [2.05, 4.69) is 0 Å². The van der Waals surface area contributed by atoms with Crippen molar-refractivity contribution in [2.24, 2.45) is 0 Å². The minimum Gasteiger partial charge on any atom is -0.464 e. The van der Waals surface area contributed by atoms with E-state index in [1.807, 2.05) is 44.2 Å². The minimum atomic E-state index is -1.11. The number of carbonyl (C=O) groups excluding carboxylic acids is 2. The van der Waals surface area contributed by atoms with Crippen LogP contribution in [0, 0.1) is 0 Å². The maximum Gasteiger partial charge on any atom is 0.338 e. The van der Waals surface area contributed by atoms with Crippen LogP contribution in [-0.4, -0.2) is 37.4 Å². The Morgan fingerprint density at radius 1 is 0.880 bits per heavy atom. The first kappa shape index (κ1) is 19.4. The lowest BCUT2D eigenvalue weighted by Gasteiger charge is -2.14. The van der Waals surface area contributed by atoms with Gasteiger partial charge in [-0.15, -0.1) is 0 Å². The Kier molecular flexibility index (Phi) is 7.88. The predicted molar refractivity (Wildman–Crippen MR) is 90.7 cm³/mol. The molecule has 2 atom stereocenters. The molecule has 0 spiro atoms. The molecule has 0 amide bonds. The van der Waals surface area contributed by atoms with Crippen molar-refractivity contribution < 1.29 is 28.5 Å². The summed E-state index contributed by atoms with van der Waals surface area (Å²) in [5.41, 5.74) is 0.734. The standard InChI is InChI=1S/C19H26O6/c1-3-5-12-22-17(20)15-16(18(21)23-13-6-4-2)25-19(24-15)14-10-8-7-9-11-14/h7-11,15-16,19H,3-6,12-13H2,1-2H3. The van der Waals surface area contributed by atoms with Gasteiger partial charge in [-0.3, -0.25) is 0 Å². The van der Waals surface area contributed by atoms with E-state index in [-0.39, 0.29) is 0 Å². The first-order chi connectivity index (χ1) is 12.2. The van der Waals surface area contributed by atoms with Crippen molar-refractivity contribution in [2.75, 3.05) is 13.2 Å². The molecule has 0 bridgehead atoms. The Balaban J connectivity index is 2.05. The monoisotopic (exact) mass is 350 g/mol. The Hall–Kier alpha value is -1.92. The number of rotatable bonds is 9. The molecular weight excluding hydrogens is 324 g/mol. The fraction of sp³-hybridized carbons (Fsp3) is 0.579. The lowest BCUT2D eigenvalue weighted by molar-refractivity contribution is -0.163. The van der Waals surface area contributed by atoms with E-state index in [1.54, 1.807) is 0 Å². The molecule has 0 saturated carbocycles. The molecule has 0 aliphatic carbocycles. The number of esters is 2. The Morgan fingerprint density at radius 3 is 1.80 bits per heavy atom. The second kappa shape index (κ2) is 10.2. The number of unbranched alkanes of at least 4 members (excludes halogenated alkanes) is 2. The van der Waals surface area contributed by atoms with Crippen molar-refractivity contribution in [2.45, 2.75) is 58.0 Å². The summed E-state index contributed by atoms with van der Waals surface area (Å²) in [6, 6.07) is 9.17. The zero-order valence-electron chi connectivity index (χ0n) is 14.8. The summed E-state index contributed by atoms with van der Waals surface area (Å²) in [5.74, 6) is -1.19. The molecule has 1 aromatic rings. The number of benzene rings is 1. The van der Waals surface area contributed by atoms with Crippen LogP contribution in [0.1, 0.15) is 51.4 Å². The highest BCUT2D eigenvalue weighted by molar-refractivity contribution is 5.86. The van der Waals surface area contributed by atoms with Crippen molar-refractivity contribution in [3.63, 3.8) is 0 Å². The van der Waals surface area contributed by atoms with Crippen LogP contribution in [0.4, 0.5) is 0 Å². The van der Waals surface area contributed by atoms with E-state index in [0.717, 1.165) is 31.2 Å². The van der Waals surface area contributed by atoms with Crippen molar-refractivity contribution in [3.8, 4) is 0 Å². The Morgan fingerprint density at radius 2 is 1.36 bits per heavy atom. The lowest BCUT2D eigenvalue weighted by Crippen LogP contribution is -2.39. The van der Waals surface area contributed by atoms with Crippen LogP contribution in [0.15, 0.2) is 30.3 Å². The number of hydrogen-bond acceptors (Lipinski definition) is 6. The molecule has 1 saturated heterocycles. The topological polar surface area (TPSA) is 71.1 Å². The molecule has 0 aromatic heterocycles. The summed E-state index contributed by atoms with van der Waals surface area (Å²) in [5, 5.41) is 0. The molecule has 25 heavy (non-hydrogen) atoms. The van der Waals surface area contributed by atoms with Gasteiger partial charge < -0.3 is 18.9 Å². The Bertz CT molecular complexity index is 514. The number of hydrogen-bond donors (Lipinski definition) is 0. The third kappa shape index (κ3) is 5.54. The van der Waals surface area contributed by atoms with Gasteiger partial charge in [0.25, 0.3) is 0 Å². The molecule has 2 unspecified atom stereocenters. The van der Waals surface area contributed by atoms with Crippen molar-refractivity contribution in [1.29, 1.82) is 0 Å². The zero-order chi connectivity index (χ0) is 18.1. The van der Waals surface area contributed by atoms with Gasteiger partial charge in [-0.1, -0.05) is 57.0 Å². The van der Waals surface area contributed by atoms with E-state index in [0.29, 0.717) is 13.2 Å². The highest BCUT2D eigenvalue weighted by atomic mass is 16.8. The fourth-order valence-electron chi connectivity index (χ4n) is 2.37. The number of carbonyl (C=O) groups is 2. The van der Waals surface area contributed by atoms with Gasteiger partial charge in [0.15, 0.2) is 18.5 Å². The molecule has 2 rings (SSSR count). The minimum absolute atomic E-state index is 0.294. The van der Waals surface area contributed by atoms with Gasteiger partial charge in [-0.05, 0) is 12.8 Å². The average molecular weight is 350 g/mol.